The Kier molecular flexibility index (Phi) is 4.93. The first-order chi connectivity index (χ1) is 14.6. The Morgan fingerprint density at radius 2 is 1.77 bits per heavy atom. The van der Waals surface area contributed by atoms with Crippen LogP contribution in [0.25, 0.3) is 0 Å². The molecule has 1 unspecified atom stereocenters. The fourth-order valence-electron chi connectivity index (χ4n) is 6.69. The van der Waals surface area contributed by atoms with Crippen molar-refractivity contribution in [2.24, 2.45) is 23.2 Å². The first-order valence-corrected chi connectivity index (χ1v) is 11.2. The second-order valence-corrected chi connectivity index (χ2v) is 9.76. The number of benzene rings is 1. The maximum absolute atomic E-state index is 13.4. The second-order valence-electron chi connectivity index (χ2n) is 9.76. The lowest BCUT2D eigenvalue weighted by atomic mass is 9.49. The van der Waals surface area contributed by atoms with E-state index in [1.54, 1.807) is 11.0 Å². The number of rotatable bonds is 4. The summed E-state index contributed by atoms with van der Waals surface area (Å²) >= 11 is 0. The van der Waals surface area contributed by atoms with Crippen molar-refractivity contribution >= 4 is 11.9 Å². The SMILES string of the molecule is C=CCN1C(=O)C[C@H](OC(=O)C23CC4CC(CC(C4)C2)C3)C1C#Cc1ccccc1. The van der Waals surface area contributed by atoms with Crippen LogP contribution in [0.2, 0.25) is 0 Å². The van der Waals surface area contributed by atoms with E-state index >= 15 is 0 Å². The molecule has 156 valence electrons. The molecule has 0 N–H and O–H groups in total. The molecule has 0 aromatic heterocycles. The Balaban J connectivity index is 1.37. The summed E-state index contributed by atoms with van der Waals surface area (Å²) in [6, 6.07) is 9.29. The van der Waals surface area contributed by atoms with Crippen LogP contribution in [-0.2, 0) is 14.3 Å². The number of amides is 1. The highest BCUT2D eigenvalue weighted by molar-refractivity contribution is 5.83. The lowest BCUT2D eigenvalue weighted by Crippen LogP contribution is -2.51. The zero-order chi connectivity index (χ0) is 20.7. The molecule has 4 aliphatic carbocycles. The quantitative estimate of drug-likeness (QED) is 0.434. The first-order valence-electron chi connectivity index (χ1n) is 11.2. The fourth-order valence-corrected chi connectivity index (χ4v) is 6.69. The Morgan fingerprint density at radius 3 is 2.37 bits per heavy atom. The van der Waals surface area contributed by atoms with Gasteiger partial charge in [-0.3, -0.25) is 9.59 Å². The normalized spacial score (nSPS) is 36.3. The van der Waals surface area contributed by atoms with E-state index in [1.165, 1.54) is 19.3 Å². The summed E-state index contributed by atoms with van der Waals surface area (Å²) in [5.74, 6) is 8.33. The van der Waals surface area contributed by atoms with Crippen LogP contribution in [0.3, 0.4) is 0 Å². The molecule has 4 nitrogen and oxygen atoms in total. The van der Waals surface area contributed by atoms with Gasteiger partial charge < -0.3 is 9.64 Å². The summed E-state index contributed by atoms with van der Waals surface area (Å²) in [5, 5.41) is 0. The van der Waals surface area contributed by atoms with Crippen LogP contribution in [-0.4, -0.2) is 35.5 Å². The van der Waals surface area contributed by atoms with E-state index in [1.807, 2.05) is 30.3 Å². The molecular weight excluding hydrogens is 374 g/mol. The fraction of sp³-hybridized carbons (Fsp3) is 0.538. The third-order valence-corrected chi connectivity index (χ3v) is 7.58. The minimum absolute atomic E-state index is 0.0226. The van der Waals surface area contributed by atoms with Crippen molar-refractivity contribution in [1.82, 2.24) is 4.90 Å². The predicted molar refractivity (Wildman–Crippen MR) is 114 cm³/mol. The van der Waals surface area contributed by atoms with Crippen LogP contribution in [0.1, 0.15) is 50.5 Å². The summed E-state index contributed by atoms with van der Waals surface area (Å²) in [7, 11) is 0. The summed E-state index contributed by atoms with van der Waals surface area (Å²) in [5.41, 5.74) is 0.572. The summed E-state index contributed by atoms with van der Waals surface area (Å²) in [4.78, 5) is 27.8. The number of hydrogen-bond acceptors (Lipinski definition) is 3. The van der Waals surface area contributed by atoms with Crippen molar-refractivity contribution in [3.63, 3.8) is 0 Å². The predicted octanol–water partition coefficient (Wildman–Crippen LogP) is 3.95. The highest BCUT2D eigenvalue weighted by atomic mass is 16.5. The monoisotopic (exact) mass is 403 g/mol. The first kappa shape index (κ1) is 19.4. The van der Waals surface area contributed by atoms with Gasteiger partial charge in [-0.1, -0.05) is 36.1 Å². The van der Waals surface area contributed by atoms with Crippen molar-refractivity contribution in [1.29, 1.82) is 0 Å². The molecule has 1 saturated heterocycles. The van der Waals surface area contributed by atoms with Gasteiger partial charge in [0.25, 0.3) is 0 Å². The van der Waals surface area contributed by atoms with Crippen molar-refractivity contribution < 1.29 is 14.3 Å². The number of carbonyl (C=O) groups excluding carboxylic acids is 2. The smallest absolute Gasteiger partial charge is 0.312 e. The summed E-state index contributed by atoms with van der Waals surface area (Å²) in [6.45, 7) is 4.19. The van der Waals surface area contributed by atoms with Gasteiger partial charge in [-0.05, 0) is 68.4 Å². The Bertz CT molecular complexity index is 874. The van der Waals surface area contributed by atoms with Crippen molar-refractivity contribution in [2.45, 2.75) is 57.1 Å². The maximum atomic E-state index is 13.4. The van der Waals surface area contributed by atoms with Gasteiger partial charge in [0.15, 0.2) is 0 Å². The molecule has 30 heavy (non-hydrogen) atoms. The Morgan fingerprint density at radius 1 is 1.13 bits per heavy atom. The molecule has 2 atom stereocenters. The van der Waals surface area contributed by atoms with Gasteiger partial charge >= 0.3 is 5.97 Å². The molecule has 0 spiro atoms. The highest BCUT2D eigenvalue weighted by Gasteiger charge is 2.56. The third kappa shape index (κ3) is 3.45. The largest absolute Gasteiger partial charge is 0.458 e. The van der Waals surface area contributed by atoms with Crippen molar-refractivity contribution in [3.05, 3.63) is 48.6 Å². The number of likely N-dealkylation sites (tertiary alicyclic amines) is 1. The van der Waals surface area contributed by atoms with Gasteiger partial charge in [0.05, 0.1) is 11.8 Å². The molecule has 1 aliphatic heterocycles. The average Bonchev–Trinajstić information content (AvgIpc) is 3.01. The van der Waals surface area contributed by atoms with Gasteiger partial charge in [-0.2, -0.15) is 0 Å². The van der Waals surface area contributed by atoms with E-state index in [4.69, 9.17) is 4.74 Å². The van der Waals surface area contributed by atoms with Gasteiger partial charge in [-0.25, -0.2) is 0 Å². The van der Waals surface area contributed by atoms with Gasteiger partial charge in [0.1, 0.15) is 12.1 Å². The van der Waals surface area contributed by atoms with Crippen LogP contribution < -0.4 is 0 Å². The number of esters is 1. The zero-order valence-electron chi connectivity index (χ0n) is 17.4. The van der Waals surface area contributed by atoms with Crippen molar-refractivity contribution in [2.75, 3.05) is 6.54 Å². The maximum Gasteiger partial charge on any atom is 0.312 e. The Labute approximate surface area is 178 Å². The van der Waals surface area contributed by atoms with E-state index in [2.05, 4.69) is 18.4 Å². The molecule has 5 aliphatic rings. The molecule has 1 aromatic rings. The number of ether oxygens (including phenoxy) is 1. The van der Waals surface area contributed by atoms with Gasteiger partial charge in [0, 0.05) is 12.1 Å². The van der Waals surface area contributed by atoms with Gasteiger partial charge in [-0.15, -0.1) is 6.58 Å². The van der Waals surface area contributed by atoms with Crippen LogP contribution in [0.5, 0.6) is 0 Å². The molecule has 1 heterocycles. The Hall–Kier alpha value is -2.54. The second kappa shape index (κ2) is 7.61. The standard InChI is InChI=1S/C26H29NO3/c1-2-10-27-22(9-8-18-6-4-3-5-7-18)23(14-24(27)28)30-25(29)26-15-19-11-20(16-26)13-21(12-19)17-26/h2-7,19-23H,1,10-17H2/t19?,20?,21?,22?,23-,26?/m0/s1. The molecule has 6 rings (SSSR count). The minimum atomic E-state index is -0.505. The minimum Gasteiger partial charge on any atom is -0.458 e. The van der Waals surface area contributed by atoms with Crippen LogP contribution in [0.15, 0.2) is 43.0 Å². The summed E-state index contributed by atoms with van der Waals surface area (Å²) in [6.07, 6.45) is 8.17. The number of carbonyl (C=O) groups is 2. The lowest BCUT2D eigenvalue weighted by Gasteiger charge is -2.55. The zero-order valence-corrected chi connectivity index (χ0v) is 17.4. The third-order valence-electron chi connectivity index (χ3n) is 7.58. The lowest BCUT2D eigenvalue weighted by molar-refractivity contribution is -0.177. The topological polar surface area (TPSA) is 46.6 Å². The molecule has 4 heteroatoms. The molecule has 0 radical (unpaired) electrons. The molecule has 5 fully saturated rings. The van der Waals surface area contributed by atoms with Crippen molar-refractivity contribution in [3.8, 4) is 11.8 Å². The van der Waals surface area contributed by atoms with Crippen LogP contribution in [0.4, 0.5) is 0 Å². The van der Waals surface area contributed by atoms with E-state index in [9.17, 15) is 9.59 Å². The van der Waals surface area contributed by atoms with E-state index < -0.39 is 12.1 Å². The molecule has 4 saturated carbocycles. The molecule has 4 bridgehead atoms. The number of hydrogen-bond donors (Lipinski definition) is 0. The highest BCUT2D eigenvalue weighted by Crippen LogP contribution is 2.60. The summed E-state index contributed by atoms with van der Waals surface area (Å²) < 4.78 is 6.11. The number of nitrogens with zero attached hydrogens (tertiary/aromatic N) is 1. The molecule has 1 amide bonds. The van der Waals surface area contributed by atoms with E-state index in [0.717, 1.165) is 24.8 Å². The molecule has 1 aromatic carbocycles. The average molecular weight is 404 g/mol. The van der Waals surface area contributed by atoms with E-state index in [-0.39, 0.29) is 23.7 Å². The van der Waals surface area contributed by atoms with Crippen LogP contribution >= 0.6 is 0 Å². The molecular formula is C26H29NO3. The van der Waals surface area contributed by atoms with E-state index in [0.29, 0.717) is 24.3 Å². The van der Waals surface area contributed by atoms with Gasteiger partial charge in [0.2, 0.25) is 5.91 Å². The van der Waals surface area contributed by atoms with Crippen LogP contribution in [0, 0.1) is 35.0 Å².